The van der Waals surface area contributed by atoms with E-state index in [1.54, 1.807) is 12.1 Å². The van der Waals surface area contributed by atoms with Crippen LogP contribution in [0.25, 0.3) is 11.6 Å². The Hall–Kier alpha value is -0.850. The first-order valence-electron chi connectivity index (χ1n) is 6.44. The summed E-state index contributed by atoms with van der Waals surface area (Å²) in [4.78, 5) is 4.44. The van der Waals surface area contributed by atoms with Crippen LogP contribution in [0.15, 0.2) is 25.7 Å². The van der Waals surface area contributed by atoms with Crippen LogP contribution >= 0.6 is 28.3 Å². The average Bonchev–Trinajstić information content (AvgIpc) is 2.97. The van der Waals surface area contributed by atoms with Crippen molar-refractivity contribution in [3.8, 4) is 11.6 Å². The molecule has 0 aromatic carbocycles. The zero-order valence-corrected chi connectivity index (χ0v) is 13.5. The monoisotopic (exact) mass is 361 g/mol. The Morgan fingerprint density at radius 1 is 1.40 bits per heavy atom. The van der Waals surface area contributed by atoms with Gasteiger partial charge in [-0.15, -0.1) is 12.4 Å². The predicted octanol–water partition coefficient (Wildman–Crippen LogP) is 3.89. The lowest BCUT2D eigenvalue weighted by Crippen LogP contribution is -2.44. The van der Waals surface area contributed by atoms with Crippen LogP contribution in [0.5, 0.6) is 0 Å². The Morgan fingerprint density at radius 2 is 2.20 bits per heavy atom. The Morgan fingerprint density at radius 3 is 2.85 bits per heavy atom. The first kappa shape index (κ1) is 15.5. The van der Waals surface area contributed by atoms with Crippen molar-refractivity contribution in [1.29, 1.82) is 0 Å². The summed E-state index contributed by atoms with van der Waals surface area (Å²) >= 11 is 3.26. The Labute approximate surface area is 131 Å². The molecule has 3 rings (SSSR count). The van der Waals surface area contributed by atoms with Gasteiger partial charge in [-0.2, -0.15) is 4.98 Å². The van der Waals surface area contributed by atoms with E-state index >= 15 is 0 Å². The van der Waals surface area contributed by atoms with Crippen LogP contribution in [0.1, 0.15) is 44.4 Å². The number of rotatable bonds is 2. The molecule has 1 aliphatic carbocycles. The summed E-state index contributed by atoms with van der Waals surface area (Å²) in [5, 5.41) is 3.98. The molecule has 20 heavy (non-hydrogen) atoms. The van der Waals surface area contributed by atoms with Crippen molar-refractivity contribution in [1.82, 2.24) is 10.1 Å². The molecular formula is C13H17BrClN3O2. The fourth-order valence-electron chi connectivity index (χ4n) is 2.68. The highest BCUT2D eigenvalue weighted by Crippen LogP contribution is 2.38. The Bertz CT molecular complexity index is 582. The normalized spacial score (nSPS) is 26.2. The van der Waals surface area contributed by atoms with E-state index in [0.717, 1.165) is 25.7 Å². The van der Waals surface area contributed by atoms with Crippen LogP contribution < -0.4 is 5.73 Å². The lowest BCUT2D eigenvalue weighted by Gasteiger charge is -2.35. The number of nitrogens with zero attached hydrogens (tertiary/aromatic N) is 2. The van der Waals surface area contributed by atoms with Crippen LogP contribution in [0.2, 0.25) is 0 Å². The smallest absolute Gasteiger partial charge is 0.238 e. The number of furan rings is 1. The van der Waals surface area contributed by atoms with E-state index in [1.807, 2.05) is 0 Å². The molecule has 0 amide bonds. The molecule has 2 aromatic rings. The molecule has 1 saturated carbocycles. The summed E-state index contributed by atoms with van der Waals surface area (Å²) in [7, 11) is 0. The summed E-state index contributed by atoms with van der Waals surface area (Å²) in [5.41, 5.74) is 6.08. The Kier molecular flexibility index (Phi) is 4.56. The molecule has 0 aliphatic heterocycles. The highest BCUT2D eigenvalue weighted by Gasteiger charge is 2.37. The van der Waals surface area contributed by atoms with Crippen molar-refractivity contribution in [2.24, 2.45) is 5.73 Å². The summed E-state index contributed by atoms with van der Waals surface area (Å²) in [6.45, 7) is 2.06. The zero-order chi connectivity index (χ0) is 13.5. The van der Waals surface area contributed by atoms with Crippen LogP contribution in [-0.2, 0) is 0 Å². The van der Waals surface area contributed by atoms with E-state index in [1.165, 1.54) is 0 Å². The van der Waals surface area contributed by atoms with Crippen molar-refractivity contribution in [2.75, 3.05) is 0 Å². The lowest BCUT2D eigenvalue weighted by molar-refractivity contribution is 0.223. The minimum Gasteiger partial charge on any atom is -0.446 e. The van der Waals surface area contributed by atoms with Crippen molar-refractivity contribution >= 4 is 28.3 Å². The minimum atomic E-state index is -0.272. The molecular weight excluding hydrogens is 346 g/mol. The highest BCUT2D eigenvalue weighted by molar-refractivity contribution is 9.10. The first-order valence-corrected chi connectivity index (χ1v) is 7.24. The lowest BCUT2D eigenvalue weighted by atomic mass is 9.74. The maximum absolute atomic E-state index is 6.35. The molecule has 0 radical (unpaired) electrons. The Balaban J connectivity index is 0.00000147. The van der Waals surface area contributed by atoms with Gasteiger partial charge in [0.15, 0.2) is 10.4 Å². The molecule has 7 heteroatoms. The van der Waals surface area contributed by atoms with Crippen LogP contribution in [0, 0.1) is 0 Å². The SMILES string of the molecule is CC1(N)CCCCC1c1nc(-c2ccc(Br)o2)no1.Cl. The van der Waals surface area contributed by atoms with Gasteiger partial charge in [0, 0.05) is 5.54 Å². The van der Waals surface area contributed by atoms with Gasteiger partial charge < -0.3 is 14.7 Å². The predicted molar refractivity (Wildman–Crippen MR) is 80.7 cm³/mol. The molecule has 2 heterocycles. The molecule has 110 valence electrons. The molecule has 2 N–H and O–H groups in total. The fraction of sp³-hybridized carbons (Fsp3) is 0.538. The molecule has 2 aromatic heterocycles. The van der Waals surface area contributed by atoms with E-state index in [2.05, 4.69) is 33.0 Å². The fourth-order valence-corrected chi connectivity index (χ4v) is 2.98. The molecule has 0 bridgehead atoms. The zero-order valence-electron chi connectivity index (χ0n) is 11.1. The first-order chi connectivity index (χ1) is 9.06. The van der Waals surface area contributed by atoms with Crippen molar-refractivity contribution in [3.63, 3.8) is 0 Å². The summed E-state index contributed by atoms with van der Waals surface area (Å²) in [6.07, 6.45) is 4.30. The van der Waals surface area contributed by atoms with E-state index in [0.29, 0.717) is 22.1 Å². The number of hydrogen-bond acceptors (Lipinski definition) is 5. The quantitative estimate of drug-likeness (QED) is 0.877. The maximum atomic E-state index is 6.35. The molecule has 0 spiro atoms. The summed E-state index contributed by atoms with van der Waals surface area (Å²) in [6, 6.07) is 3.61. The van der Waals surface area contributed by atoms with Gasteiger partial charge in [-0.1, -0.05) is 18.0 Å². The van der Waals surface area contributed by atoms with Gasteiger partial charge in [-0.05, 0) is 47.8 Å². The molecule has 0 saturated heterocycles. The second kappa shape index (κ2) is 5.87. The minimum absolute atomic E-state index is 0. The van der Waals surface area contributed by atoms with E-state index < -0.39 is 0 Å². The maximum Gasteiger partial charge on any atom is 0.238 e. The van der Waals surface area contributed by atoms with Crippen LogP contribution in [0.3, 0.4) is 0 Å². The van der Waals surface area contributed by atoms with Gasteiger partial charge in [0.05, 0.1) is 5.92 Å². The molecule has 5 nitrogen and oxygen atoms in total. The summed E-state index contributed by atoms with van der Waals surface area (Å²) < 4.78 is 11.5. The number of halogens is 2. The largest absolute Gasteiger partial charge is 0.446 e. The molecule has 2 unspecified atom stereocenters. The van der Waals surface area contributed by atoms with Crippen molar-refractivity contribution in [2.45, 2.75) is 44.1 Å². The number of nitrogens with two attached hydrogens (primary N) is 1. The van der Waals surface area contributed by atoms with Gasteiger partial charge in [0.1, 0.15) is 0 Å². The van der Waals surface area contributed by atoms with E-state index in [4.69, 9.17) is 14.7 Å². The van der Waals surface area contributed by atoms with Gasteiger partial charge in [0.25, 0.3) is 0 Å². The molecule has 1 aliphatic rings. The van der Waals surface area contributed by atoms with Gasteiger partial charge in [0.2, 0.25) is 11.7 Å². The topological polar surface area (TPSA) is 78.1 Å². The number of aromatic nitrogens is 2. The van der Waals surface area contributed by atoms with Gasteiger partial charge >= 0.3 is 0 Å². The second-order valence-electron chi connectivity index (χ2n) is 5.36. The average molecular weight is 363 g/mol. The van der Waals surface area contributed by atoms with Crippen LogP contribution in [0.4, 0.5) is 0 Å². The van der Waals surface area contributed by atoms with E-state index in [9.17, 15) is 0 Å². The van der Waals surface area contributed by atoms with E-state index in [-0.39, 0.29) is 23.9 Å². The standard InChI is InChI=1S/C13H16BrN3O2.ClH/c1-13(15)7-3-2-4-8(13)12-16-11(17-19-12)9-5-6-10(14)18-9;/h5-6,8H,2-4,7,15H2,1H3;1H. The van der Waals surface area contributed by atoms with Crippen LogP contribution in [-0.4, -0.2) is 15.7 Å². The van der Waals surface area contributed by atoms with Gasteiger partial charge in [-0.3, -0.25) is 0 Å². The van der Waals surface area contributed by atoms with Gasteiger partial charge in [-0.25, -0.2) is 0 Å². The highest BCUT2D eigenvalue weighted by atomic mass is 79.9. The molecule has 2 atom stereocenters. The third-order valence-corrected chi connectivity index (χ3v) is 4.21. The number of hydrogen-bond donors (Lipinski definition) is 1. The molecule has 1 fully saturated rings. The third kappa shape index (κ3) is 2.92. The van der Waals surface area contributed by atoms with Crippen molar-refractivity contribution in [3.05, 3.63) is 22.7 Å². The summed E-state index contributed by atoms with van der Waals surface area (Å²) in [5.74, 6) is 1.81. The van der Waals surface area contributed by atoms with Crippen molar-refractivity contribution < 1.29 is 8.94 Å². The third-order valence-electron chi connectivity index (χ3n) is 3.79. The second-order valence-corrected chi connectivity index (χ2v) is 6.15.